The molecular weight excluding hydrogens is 190 g/mol. The number of hydrogen-bond acceptors (Lipinski definition) is 3. The van der Waals surface area contributed by atoms with E-state index in [0.717, 1.165) is 18.7 Å². The molecule has 0 atom stereocenters. The Morgan fingerprint density at radius 3 is 2.93 bits per heavy atom. The molecule has 0 unspecified atom stereocenters. The number of hydrogen-bond donors (Lipinski definition) is 2. The third-order valence-electron chi connectivity index (χ3n) is 1.91. The van der Waals surface area contributed by atoms with E-state index in [2.05, 4.69) is 22.5 Å². The van der Waals surface area contributed by atoms with Crippen molar-refractivity contribution in [3.8, 4) is 0 Å². The molecule has 0 aromatic carbocycles. The summed E-state index contributed by atoms with van der Waals surface area (Å²) in [6.07, 6.45) is 2.70. The Morgan fingerprint density at radius 2 is 2.27 bits per heavy atom. The predicted molar refractivity (Wildman–Crippen MR) is 61.0 cm³/mol. The number of nitrogens with zero attached hydrogens (tertiary/aromatic N) is 1. The minimum Gasteiger partial charge on any atom is -0.385 e. The summed E-state index contributed by atoms with van der Waals surface area (Å²) in [5.41, 5.74) is 1.39. The number of aromatic nitrogens is 1. The van der Waals surface area contributed by atoms with Crippen LogP contribution < -0.4 is 10.6 Å². The number of carbonyl (C=O) groups is 1. The summed E-state index contributed by atoms with van der Waals surface area (Å²) in [5, 5.41) is 5.93. The lowest BCUT2D eigenvalue weighted by molar-refractivity contribution is 0.0951. The van der Waals surface area contributed by atoms with Crippen molar-refractivity contribution in [1.29, 1.82) is 0 Å². The van der Waals surface area contributed by atoms with Crippen LogP contribution in [0.5, 0.6) is 0 Å². The van der Waals surface area contributed by atoms with E-state index in [1.54, 1.807) is 12.3 Å². The first-order valence-electron chi connectivity index (χ1n) is 5.26. The van der Waals surface area contributed by atoms with Crippen molar-refractivity contribution in [2.24, 2.45) is 0 Å². The van der Waals surface area contributed by atoms with Gasteiger partial charge in [0.15, 0.2) is 0 Å². The van der Waals surface area contributed by atoms with Crippen molar-refractivity contribution in [1.82, 2.24) is 10.3 Å². The van der Waals surface area contributed by atoms with Crippen LogP contribution in [0.2, 0.25) is 0 Å². The van der Waals surface area contributed by atoms with Gasteiger partial charge in [0, 0.05) is 25.0 Å². The van der Waals surface area contributed by atoms with E-state index in [0.29, 0.717) is 12.2 Å². The molecule has 2 N–H and O–H groups in total. The minimum atomic E-state index is -0.127. The van der Waals surface area contributed by atoms with Gasteiger partial charge in [0.25, 0.3) is 5.91 Å². The molecule has 0 radical (unpaired) electrons. The molecule has 4 nitrogen and oxygen atoms in total. The van der Waals surface area contributed by atoms with Crippen molar-refractivity contribution in [3.05, 3.63) is 24.0 Å². The van der Waals surface area contributed by atoms with E-state index >= 15 is 0 Å². The van der Waals surface area contributed by atoms with Gasteiger partial charge in [-0.2, -0.15) is 0 Å². The Morgan fingerprint density at radius 1 is 1.47 bits per heavy atom. The van der Waals surface area contributed by atoms with Crippen LogP contribution in [-0.4, -0.2) is 24.0 Å². The van der Waals surface area contributed by atoms with E-state index in [1.165, 1.54) is 0 Å². The Hall–Kier alpha value is -1.58. The molecule has 0 aliphatic carbocycles. The van der Waals surface area contributed by atoms with Gasteiger partial charge in [-0.15, -0.1) is 0 Å². The fourth-order valence-electron chi connectivity index (χ4n) is 1.19. The Labute approximate surface area is 90.1 Å². The van der Waals surface area contributed by atoms with Crippen LogP contribution in [0.1, 0.15) is 30.8 Å². The van der Waals surface area contributed by atoms with Crippen LogP contribution in [0.25, 0.3) is 0 Å². The number of nitrogens with one attached hydrogen (secondary N) is 2. The number of rotatable bonds is 5. The highest BCUT2D eigenvalue weighted by molar-refractivity contribution is 5.93. The number of amides is 1. The Kier molecular flexibility index (Phi) is 4.60. The molecule has 1 rings (SSSR count). The third-order valence-corrected chi connectivity index (χ3v) is 1.91. The van der Waals surface area contributed by atoms with Gasteiger partial charge in [0.1, 0.15) is 5.69 Å². The fraction of sp³-hybridized carbons (Fsp3) is 0.455. The molecule has 1 aromatic heterocycles. The standard InChI is InChI=1S/C11H17N3O/c1-3-6-13-9-5-7-14-10(8-9)11(15)12-4-2/h5,7-8H,3-4,6H2,1-2H3,(H,12,15)(H,13,14). The Bertz CT molecular complexity index is 325. The molecule has 15 heavy (non-hydrogen) atoms. The molecule has 0 bridgehead atoms. The number of carbonyl (C=O) groups excluding carboxylic acids is 1. The summed E-state index contributed by atoms with van der Waals surface area (Å²) in [6, 6.07) is 3.62. The predicted octanol–water partition coefficient (Wildman–Crippen LogP) is 1.65. The van der Waals surface area contributed by atoms with Crippen LogP contribution >= 0.6 is 0 Å². The lowest BCUT2D eigenvalue weighted by Crippen LogP contribution is -2.23. The smallest absolute Gasteiger partial charge is 0.269 e. The zero-order valence-corrected chi connectivity index (χ0v) is 9.21. The molecule has 1 aromatic rings. The summed E-state index contributed by atoms with van der Waals surface area (Å²) in [7, 11) is 0. The highest BCUT2D eigenvalue weighted by atomic mass is 16.1. The summed E-state index contributed by atoms with van der Waals surface area (Å²) in [6.45, 7) is 5.50. The van der Waals surface area contributed by atoms with Crippen molar-refractivity contribution in [2.45, 2.75) is 20.3 Å². The van der Waals surface area contributed by atoms with Gasteiger partial charge in [0.05, 0.1) is 0 Å². The zero-order valence-electron chi connectivity index (χ0n) is 9.21. The minimum absolute atomic E-state index is 0.127. The summed E-state index contributed by atoms with van der Waals surface area (Å²) in [5.74, 6) is -0.127. The molecule has 1 heterocycles. The second-order valence-corrected chi connectivity index (χ2v) is 3.22. The average molecular weight is 207 g/mol. The van der Waals surface area contributed by atoms with Crippen molar-refractivity contribution >= 4 is 11.6 Å². The molecule has 1 amide bonds. The number of pyridine rings is 1. The van der Waals surface area contributed by atoms with E-state index in [4.69, 9.17) is 0 Å². The Balaban J connectivity index is 2.69. The van der Waals surface area contributed by atoms with Gasteiger partial charge in [0.2, 0.25) is 0 Å². The van der Waals surface area contributed by atoms with E-state index in [9.17, 15) is 4.79 Å². The average Bonchev–Trinajstić information content (AvgIpc) is 2.27. The van der Waals surface area contributed by atoms with Crippen LogP contribution in [-0.2, 0) is 0 Å². The maximum atomic E-state index is 11.5. The van der Waals surface area contributed by atoms with Crippen LogP contribution in [0.15, 0.2) is 18.3 Å². The van der Waals surface area contributed by atoms with Crippen molar-refractivity contribution in [3.63, 3.8) is 0 Å². The van der Waals surface area contributed by atoms with E-state index in [-0.39, 0.29) is 5.91 Å². The van der Waals surface area contributed by atoms with Crippen LogP contribution in [0.3, 0.4) is 0 Å². The van der Waals surface area contributed by atoms with Crippen LogP contribution in [0, 0.1) is 0 Å². The monoisotopic (exact) mass is 207 g/mol. The fourth-order valence-corrected chi connectivity index (χ4v) is 1.19. The highest BCUT2D eigenvalue weighted by Crippen LogP contribution is 2.07. The maximum Gasteiger partial charge on any atom is 0.269 e. The molecule has 0 saturated heterocycles. The summed E-state index contributed by atoms with van der Waals surface area (Å²) < 4.78 is 0. The molecule has 0 saturated carbocycles. The first-order chi connectivity index (χ1) is 7.27. The SMILES string of the molecule is CCCNc1ccnc(C(=O)NCC)c1. The van der Waals surface area contributed by atoms with E-state index in [1.807, 2.05) is 13.0 Å². The van der Waals surface area contributed by atoms with E-state index < -0.39 is 0 Å². The van der Waals surface area contributed by atoms with Gasteiger partial charge in [-0.3, -0.25) is 9.78 Å². The summed E-state index contributed by atoms with van der Waals surface area (Å²) in [4.78, 5) is 15.5. The molecule has 82 valence electrons. The second-order valence-electron chi connectivity index (χ2n) is 3.22. The molecular formula is C11H17N3O. The maximum absolute atomic E-state index is 11.5. The van der Waals surface area contributed by atoms with Gasteiger partial charge < -0.3 is 10.6 Å². The third kappa shape index (κ3) is 3.58. The topological polar surface area (TPSA) is 54.0 Å². The normalized spacial score (nSPS) is 9.73. The lowest BCUT2D eigenvalue weighted by atomic mass is 10.3. The summed E-state index contributed by atoms with van der Waals surface area (Å²) >= 11 is 0. The quantitative estimate of drug-likeness (QED) is 0.772. The first-order valence-corrected chi connectivity index (χ1v) is 5.26. The first kappa shape index (κ1) is 11.5. The second kappa shape index (κ2) is 6.01. The van der Waals surface area contributed by atoms with Crippen molar-refractivity contribution in [2.75, 3.05) is 18.4 Å². The largest absolute Gasteiger partial charge is 0.385 e. The highest BCUT2D eigenvalue weighted by Gasteiger charge is 2.05. The van der Waals surface area contributed by atoms with Gasteiger partial charge in [-0.25, -0.2) is 0 Å². The molecule has 0 aliphatic heterocycles. The molecule has 4 heteroatoms. The molecule has 0 fully saturated rings. The van der Waals surface area contributed by atoms with Gasteiger partial charge >= 0.3 is 0 Å². The molecule has 0 aliphatic rings. The molecule has 0 spiro atoms. The van der Waals surface area contributed by atoms with Gasteiger partial charge in [-0.05, 0) is 25.5 Å². The van der Waals surface area contributed by atoms with Gasteiger partial charge in [-0.1, -0.05) is 6.92 Å². The zero-order chi connectivity index (χ0) is 11.1. The van der Waals surface area contributed by atoms with Crippen LogP contribution in [0.4, 0.5) is 5.69 Å². The van der Waals surface area contributed by atoms with Crippen molar-refractivity contribution < 1.29 is 4.79 Å². The lowest BCUT2D eigenvalue weighted by Gasteiger charge is -2.06. The number of anilines is 1.